The summed E-state index contributed by atoms with van der Waals surface area (Å²) in [5, 5.41) is 11.5. The Morgan fingerprint density at radius 2 is 1.74 bits per heavy atom. The number of nitrogens with one attached hydrogen (secondary N) is 2. The van der Waals surface area contributed by atoms with Crippen molar-refractivity contribution in [3.05, 3.63) is 84.1 Å². The molecule has 0 saturated carbocycles. The number of oxazole rings is 1. The monoisotopic (exact) mass is 523 g/mol. The van der Waals surface area contributed by atoms with Crippen molar-refractivity contribution in [3.63, 3.8) is 0 Å². The molecule has 4 heterocycles. The van der Waals surface area contributed by atoms with Gasteiger partial charge < -0.3 is 19.8 Å². The Balaban J connectivity index is 1.13. The van der Waals surface area contributed by atoms with E-state index in [0.29, 0.717) is 25.0 Å². The zero-order valence-electron chi connectivity index (χ0n) is 22.4. The quantitative estimate of drug-likeness (QED) is 0.236. The molecule has 9 nitrogen and oxygen atoms in total. The number of anilines is 3. The normalized spacial score (nSPS) is 13.7. The van der Waals surface area contributed by atoms with Gasteiger partial charge in [-0.1, -0.05) is 18.2 Å². The maximum absolute atomic E-state index is 5.93. The summed E-state index contributed by atoms with van der Waals surface area (Å²) in [5.41, 5.74) is 5.56. The summed E-state index contributed by atoms with van der Waals surface area (Å²) in [6, 6.07) is 22.2. The highest BCUT2D eigenvalue weighted by molar-refractivity contribution is 5.68. The molecule has 1 aliphatic heterocycles. The van der Waals surface area contributed by atoms with Crippen LogP contribution in [0.5, 0.6) is 5.75 Å². The Hall–Kier alpha value is -4.37. The number of nitrogens with zero attached hydrogens (tertiary/aromatic N) is 5. The first-order valence-corrected chi connectivity index (χ1v) is 13.5. The molecule has 1 saturated heterocycles. The van der Waals surface area contributed by atoms with Gasteiger partial charge in [-0.15, -0.1) is 5.10 Å². The van der Waals surface area contributed by atoms with Crippen LogP contribution in [-0.2, 0) is 6.54 Å². The fraction of sp³-hybridized carbons (Fsp3) is 0.300. The van der Waals surface area contributed by atoms with Crippen LogP contribution in [0.15, 0.2) is 71.1 Å². The molecule has 3 aromatic heterocycles. The first-order chi connectivity index (χ1) is 19.1. The van der Waals surface area contributed by atoms with Gasteiger partial charge >= 0.3 is 0 Å². The number of aryl methyl sites for hydroxylation is 2. The Labute approximate surface area is 227 Å². The molecule has 0 amide bonds. The van der Waals surface area contributed by atoms with Crippen molar-refractivity contribution in [2.75, 3.05) is 36.9 Å². The van der Waals surface area contributed by atoms with E-state index in [1.54, 1.807) is 0 Å². The molecule has 0 aliphatic carbocycles. The van der Waals surface area contributed by atoms with Gasteiger partial charge in [-0.3, -0.25) is 4.90 Å². The van der Waals surface area contributed by atoms with Crippen molar-refractivity contribution in [1.82, 2.24) is 24.5 Å². The van der Waals surface area contributed by atoms with Gasteiger partial charge in [0.25, 0.3) is 0 Å². The van der Waals surface area contributed by atoms with E-state index in [9.17, 15) is 0 Å². The minimum atomic E-state index is 0.538. The second kappa shape index (κ2) is 11.2. The third-order valence-corrected chi connectivity index (χ3v) is 6.96. The van der Waals surface area contributed by atoms with Gasteiger partial charge in [0.2, 0.25) is 5.95 Å². The number of aromatic nitrogens is 4. The van der Waals surface area contributed by atoms with Crippen LogP contribution in [0.4, 0.5) is 17.3 Å². The minimum Gasteiger partial charge on any atom is -0.492 e. The fourth-order valence-electron chi connectivity index (χ4n) is 4.95. The molecule has 0 atom stereocenters. The minimum absolute atomic E-state index is 0.538. The van der Waals surface area contributed by atoms with Crippen molar-refractivity contribution < 1.29 is 9.15 Å². The van der Waals surface area contributed by atoms with E-state index in [2.05, 4.69) is 32.7 Å². The number of hydrogen-bond donors (Lipinski definition) is 2. The van der Waals surface area contributed by atoms with Gasteiger partial charge in [-0.25, -0.2) is 9.50 Å². The van der Waals surface area contributed by atoms with Crippen LogP contribution < -0.4 is 15.4 Å². The summed E-state index contributed by atoms with van der Waals surface area (Å²) >= 11 is 0. The SMILES string of the molecule is Cc1nc(CNc2cccc(-c3cccc4nc(Nc5ccc(OCCN6CCCC6)cc5)nn34)c2)c(C)o1. The van der Waals surface area contributed by atoms with Crippen molar-refractivity contribution in [2.24, 2.45) is 0 Å². The Bertz CT molecular complexity index is 1550. The van der Waals surface area contributed by atoms with Gasteiger partial charge in [0.05, 0.1) is 12.2 Å². The number of fused-ring (bicyclic) bond motifs is 1. The smallest absolute Gasteiger partial charge is 0.247 e. The molecule has 0 spiro atoms. The molecule has 6 rings (SSSR count). The second-order valence-corrected chi connectivity index (χ2v) is 9.83. The molecule has 200 valence electrons. The summed E-state index contributed by atoms with van der Waals surface area (Å²) in [4.78, 5) is 11.6. The van der Waals surface area contributed by atoms with Crippen molar-refractivity contribution in [2.45, 2.75) is 33.2 Å². The molecule has 0 bridgehead atoms. The van der Waals surface area contributed by atoms with Crippen molar-refractivity contribution in [3.8, 4) is 17.0 Å². The average molecular weight is 524 g/mol. The molecule has 0 unspecified atom stereocenters. The van der Waals surface area contributed by atoms with Crippen LogP contribution in [0.1, 0.15) is 30.2 Å². The first kappa shape index (κ1) is 24.9. The third-order valence-electron chi connectivity index (χ3n) is 6.96. The summed E-state index contributed by atoms with van der Waals surface area (Å²) in [5.74, 6) is 2.92. The molecule has 1 aliphatic rings. The van der Waals surface area contributed by atoms with Gasteiger partial charge in [-0.05, 0) is 81.4 Å². The summed E-state index contributed by atoms with van der Waals surface area (Å²) in [6.07, 6.45) is 2.60. The average Bonchev–Trinajstić information content (AvgIpc) is 3.68. The highest BCUT2D eigenvalue weighted by atomic mass is 16.5. The van der Waals surface area contributed by atoms with Crippen LogP contribution in [-0.4, -0.2) is 50.7 Å². The van der Waals surface area contributed by atoms with E-state index in [1.165, 1.54) is 25.9 Å². The fourth-order valence-corrected chi connectivity index (χ4v) is 4.95. The van der Waals surface area contributed by atoms with Gasteiger partial charge in [0.15, 0.2) is 11.5 Å². The van der Waals surface area contributed by atoms with E-state index >= 15 is 0 Å². The summed E-state index contributed by atoms with van der Waals surface area (Å²) in [6.45, 7) is 8.45. The first-order valence-electron chi connectivity index (χ1n) is 13.5. The van der Waals surface area contributed by atoms with E-state index in [1.807, 2.05) is 73.0 Å². The van der Waals surface area contributed by atoms with Crippen molar-refractivity contribution >= 4 is 23.0 Å². The highest BCUT2D eigenvalue weighted by Crippen LogP contribution is 2.25. The topological polar surface area (TPSA) is 92.8 Å². The maximum Gasteiger partial charge on any atom is 0.247 e. The van der Waals surface area contributed by atoms with E-state index < -0.39 is 0 Å². The third kappa shape index (κ3) is 5.88. The second-order valence-electron chi connectivity index (χ2n) is 9.83. The zero-order chi connectivity index (χ0) is 26.6. The van der Waals surface area contributed by atoms with Crippen LogP contribution in [0.2, 0.25) is 0 Å². The molecule has 39 heavy (non-hydrogen) atoms. The molecule has 1 fully saturated rings. The molecular formula is C30H33N7O2. The van der Waals surface area contributed by atoms with Gasteiger partial charge in [-0.2, -0.15) is 4.98 Å². The van der Waals surface area contributed by atoms with E-state index in [4.69, 9.17) is 19.2 Å². The van der Waals surface area contributed by atoms with Crippen LogP contribution in [0.3, 0.4) is 0 Å². The largest absolute Gasteiger partial charge is 0.492 e. The van der Waals surface area contributed by atoms with Gasteiger partial charge in [0, 0.05) is 30.4 Å². The molecule has 2 aromatic carbocycles. The lowest BCUT2D eigenvalue weighted by Gasteiger charge is -2.15. The number of hydrogen-bond acceptors (Lipinski definition) is 8. The van der Waals surface area contributed by atoms with Crippen LogP contribution >= 0.6 is 0 Å². The number of rotatable bonds is 10. The molecule has 5 aromatic rings. The lowest BCUT2D eigenvalue weighted by Crippen LogP contribution is -2.25. The lowest BCUT2D eigenvalue weighted by molar-refractivity contribution is 0.238. The standard InChI is InChI=1S/C30H33N7O2/c1-21-27(32-22(2)39-21)20-31-25-8-5-7-23(19-25)28-9-6-10-29-34-30(35-37(28)29)33-24-11-13-26(14-12-24)38-18-17-36-15-3-4-16-36/h5-14,19,31H,3-4,15-18,20H2,1-2H3,(H,33,35). The van der Waals surface area contributed by atoms with Crippen LogP contribution in [0, 0.1) is 13.8 Å². The maximum atomic E-state index is 5.93. The molecule has 9 heteroatoms. The lowest BCUT2D eigenvalue weighted by atomic mass is 10.1. The highest BCUT2D eigenvalue weighted by Gasteiger charge is 2.12. The zero-order valence-corrected chi connectivity index (χ0v) is 22.4. The van der Waals surface area contributed by atoms with Gasteiger partial charge in [0.1, 0.15) is 23.8 Å². The Kier molecular flexibility index (Phi) is 7.14. The predicted octanol–water partition coefficient (Wildman–Crippen LogP) is 5.83. The Morgan fingerprint density at radius 3 is 2.54 bits per heavy atom. The van der Waals surface area contributed by atoms with Crippen molar-refractivity contribution in [1.29, 1.82) is 0 Å². The molecular weight excluding hydrogens is 490 g/mol. The predicted molar refractivity (Wildman–Crippen MR) is 153 cm³/mol. The number of benzene rings is 2. The summed E-state index contributed by atoms with van der Waals surface area (Å²) in [7, 11) is 0. The van der Waals surface area contributed by atoms with Crippen LogP contribution in [0.25, 0.3) is 16.9 Å². The van der Waals surface area contributed by atoms with E-state index in [-0.39, 0.29) is 0 Å². The number of likely N-dealkylation sites (tertiary alicyclic amines) is 1. The Morgan fingerprint density at radius 1 is 0.923 bits per heavy atom. The number of pyridine rings is 1. The molecule has 0 radical (unpaired) electrons. The number of ether oxygens (including phenoxy) is 1. The van der Waals surface area contributed by atoms with E-state index in [0.717, 1.165) is 52.0 Å². The molecule has 2 N–H and O–H groups in total. The summed E-state index contributed by atoms with van der Waals surface area (Å²) < 4.78 is 13.3.